The number of rotatable bonds is 2. The second-order valence-electron chi connectivity index (χ2n) is 5.08. The highest BCUT2D eigenvalue weighted by molar-refractivity contribution is 5.05. The van der Waals surface area contributed by atoms with Crippen LogP contribution in [-0.2, 0) is 7.05 Å². The van der Waals surface area contributed by atoms with E-state index in [0.717, 1.165) is 18.2 Å². The average Bonchev–Trinajstić information content (AvgIpc) is 2.97. The molecule has 16 heavy (non-hydrogen) atoms. The average molecular weight is 220 g/mol. The fourth-order valence-corrected chi connectivity index (χ4v) is 2.98. The smallest absolute Gasteiger partial charge is 0.154 e. The van der Waals surface area contributed by atoms with Gasteiger partial charge in [-0.1, -0.05) is 12.8 Å². The van der Waals surface area contributed by atoms with E-state index in [9.17, 15) is 0 Å². The van der Waals surface area contributed by atoms with Crippen LogP contribution in [0.5, 0.6) is 0 Å². The lowest BCUT2D eigenvalue weighted by Gasteiger charge is -2.07. The fraction of sp³-hybridized carbons (Fsp3) is 0.833. The predicted octanol–water partition coefficient (Wildman–Crippen LogP) is 1.90. The third-order valence-corrected chi connectivity index (χ3v) is 3.91. The third-order valence-electron chi connectivity index (χ3n) is 3.91. The minimum Gasteiger partial charge on any atom is -0.307 e. The van der Waals surface area contributed by atoms with Gasteiger partial charge in [0.25, 0.3) is 0 Å². The van der Waals surface area contributed by atoms with Gasteiger partial charge in [-0.15, -0.1) is 0 Å². The normalized spacial score (nSPS) is 26.7. The summed E-state index contributed by atoms with van der Waals surface area (Å²) in [7, 11) is 2.03. The first-order valence-corrected chi connectivity index (χ1v) is 6.49. The summed E-state index contributed by atoms with van der Waals surface area (Å²) in [5.74, 6) is 2.85. The zero-order valence-electron chi connectivity index (χ0n) is 9.95. The summed E-state index contributed by atoms with van der Waals surface area (Å²) in [6.45, 7) is 1.12. The van der Waals surface area contributed by atoms with Crippen LogP contribution in [0.1, 0.15) is 62.1 Å². The third kappa shape index (κ3) is 1.75. The molecule has 0 amide bonds. The summed E-state index contributed by atoms with van der Waals surface area (Å²) in [6.07, 6.45) is 7.72. The van der Waals surface area contributed by atoms with Crippen LogP contribution in [0.15, 0.2) is 0 Å². The van der Waals surface area contributed by atoms with Crippen LogP contribution in [-0.4, -0.2) is 21.3 Å². The molecule has 0 spiro atoms. The van der Waals surface area contributed by atoms with Crippen molar-refractivity contribution >= 4 is 0 Å². The Labute approximate surface area is 96.4 Å². The van der Waals surface area contributed by atoms with Gasteiger partial charge in [-0.3, -0.25) is 4.68 Å². The molecule has 2 fully saturated rings. The molecule has 1 atom stereocenters. The lowest BCUT2D eigenvalue weighted by Crippen LogP contribution is -2.17. The van der Waals surface area contributed by atoms with Crippen molar-refractivity contribution in [1.82, 2.24) is 20.1 Å². The quantitative estimate of drug-likeness (QED) is 0.827. The summed E-state index contributed by atoms with van der Waals surface area (Å²) in [5.41, 5.74) is 0. The number of aryl methyl sites for hydroxylation is 1. The lowest BCUT2D eigenvalue weighted by molar-refractivity contribution is 0.558. The van der Waals surface area contributed by atoms with Crippen molar-refractivity contribution in [3.8, 4) is 0 Å². The van der Waals surface area contributed by atoms with Crippen LogP contribution in [0.3, 0.4) is 0 Å². The molecular formula is C12H20N4. The zero-order valence-corrected chi connectivity index (χ0v) is 9.95. The highest BCUT2D eigenvalue weighted by Gasteiger charge is 2.26. The first-order chi connectivity index (χ1) is 7.84. The van der Waals surface area contributed by atoms with Gasteiger partial charge in [0.05, 0.1) is 6.04 Å². The Hall–Kier alpha value is -0.900. The fourth-order valence-electron chi connectivity index (χ4n) is 2.98. The van der Waals surface area contributed by atoms with Crippen LogP contribution in [0.2, 0.25) is 0 Å². The predicted molar refractivity (Wildman–Crippen MR) is 62.2 cm³/mol. The molecule has 1 saturated carbocycles. The Balaban J connectivity index is 1.83. The summed E-state index contributed by atoms with van der Waals surface area (Å²) < 4.78 is 1.98. The van der Waals surface area contributed by atoms with Gasteiger partial charge < -0.3 is 5.32 Å². The number of hydrogen-bond acceptors (Lipinski definition) is 3. The molecule has 1 unspecified atom stereocenters. The Morgan fingerprint density at radius 1 is 1.19 bits per heavy atom. The molecule has 2 heterocycles. The van der Waals surface area contributed by atoms with E-state index in [4.69, 9.17) is 4.98 Å². The Morgan fingerprint density at radius 2 is 2.00 bits per heavy atom. The summed E-state index contributed by atoms with van der Waals surface area (Å²) >= 11 is 0. The largest absolute Gasteiger partial charge is 0.307 e. The molecule has 88 valence electrons. The van der Waals surface area contributed by atoms with E-state index < -0.39 is 0 Å². The number of nitrogens with one attached hydrogen (secondary N) is 1. The molecule has 0 aromatic carbocycles. The van der Waals surface area contributed by atoms with Crippen molar-refractivity contribution in [2.24, 2.45) is 7.05 Å². The van der Waals surface area contributed by atoms with E-state index in [1.54, 1.807) is 0 Å². The van der Waals surface area contributed by atoms with Crippen molar-refractivity contribution in [2.45, 2.75) is 50.5 Å². The van der Waals surface area contributed by atoms with Crippen molar-refractivity contribution in [2.75, 3.05) is 6.54 Å². The van der Waals surface area contributed by atoms with Gasteiger partial charge in [0.1, 0.15) is 5.82 Å². The van der Waals surface area contributed by atoms with Gasteiger partial charge in [0, 0.05) is 13.0 Å². The van der Waals surface area contributed by atoms with E-state index in [2.05, 4.69) is 10.4 Å². The molecule has 1 aliphatic heterocycles. The van der Waals surface area contributed by atoms with Crippen LogP contribution >= 0.6 is 0 Å². The van der Waals surface area contributed by atoms with E-state index >= 15 is 0 Å². The van der Waals surface area contributed by atoms with Crippen LogP contribution < -0.4 is 5.32 Å². The first-order valence-electron chi connectivity index (χ1n) is 6.49. The summed E-state index contributed by atoms with van der Waals surface area (Å²) in [5, 5.41) is 8.10. The van der Waals surface area contributed by atoms with E-state index in [1.807, 2.05) is 11.7 Å². The maximum atomic E-state index is 4.76. The van der Waals surface area contributed by atoms with Crippen molar-refractivity contribution in [3.63, 3.8) is 0 Å². The minimum absolute atomic E-state index is 0.438. The molecule has 1 aromatic heterocycles. The Bertz CT molecular complexity index is 359. The molecule has 1 aromatic rings. The highest BCUT2D eigenvalue weighted by Crippen LogP contribution is 2.33. The molecule has 4 nitrogen and oxygen atoms in total. The monoisotopic (exact) mass is 220 g/mol. The van der Waals surface area contributed by atoms with Crippen molar-refractivity contribution in [1.29, 1.82) is 0 Å². The molecule has 0 bridgehead atoms. The minimum atomic E-state index is 0.438. The van der Waals surface area contributed by atoms with Crippen LogP contribution in [0, 0.1) is 0 Å². The standard InChI is InChI=1S/C12H20N4/c1-16-12(10-7-4-8-13-10)14-11(15-16)9-5-2-3-6-9/h9-10,13H,2-8H2,1H3. The number of hydrogen-bond donors (Lipinski definition) is 1. The molecule has 2 aliphatic rings. The Kier molecular flexibility index (Phi) is 2.67. The maximum absolute atomic E-state index is 4.76. The van der Waals surface area contributed by atoms with Gasteiger partial charge in [-0.25, -0.2) is 4.98 Å². The van der Waals surface area contributed by atoms with Gasteiger partial charge in [0.2, 0.25) is 0 Å². The maximum Gasteiger partial charge on any atom is 0.154 e. The summed E-state index contributed by atoms with van der Waals surface area (Å²) in [4.78, 5) is 4.76. The summed E-state index contributed by atoms with van der Waals surface area (Å²) in [6, 6.07) is 0.438. The molecule has 4 heteroatoms. The zero-order chi connectivity index (χ0) is 11.0. The molecule has 1 N–H and O–H groups in total. The lowest BCUT2D eigenvalue weighted by atomic mass is 10.1. The van der Waals surface area contributed by atoms with Gasteiger partial charge >= 0.3 is 0 Å². The van der Waals surface area contributed by atoms with Crippen molar-refractivity contribution in [3.05, 3.63) is 11.6 Å². The molecular weight excluding hydrogens is 200 g/mol. The topological polar surface area (TPSA) is 42.7 Å². The first kappa shape index (κ1) is 10.3. The molecule has 3 rings (SSSR count). The molecule has 1 aliphatic carbocycles. The van der Waals surface area contributed by atoms with Crippen molar-refractivity contribution < 1.29 is 0 Å². The van der Waals surface area contributed by atoms with E-state index in [-0.39, 0.29) is 0 Å². The second-order valence-corrected chi connectivity index (χ2v) is 5.08. The Morgan fingerprint density at radius 3 is 2.69 bits per heavy atom. The van der Waals surface area contributed by atoms with Gasteiger partial charge in [-0.2, -0.15) is 5.10 Å². The highest BCUT2D eigenvalue weighted by atomic mass is 15.3. The second kappa shape index (κ2) is 4.17. The van der Waals surface area contributed by atoms with Gasteiger partial charge in [0.15, 0.2) is 5.82 Å². The van der Waals surface area contributed by atoms with E-state index in [0.29, 0.717) is 12.0 Å². The van der Waals surface area contributed by atoms with Gasteiger partial charge in [-0.05, 0) is 32.2 Å². The molecule has 1 saturated heterocycles. The number of nitrogens with zero attached hydrogens (tertiary/aromatic N) is 3. The van der Waals surface area contributed by atoms with Crippen LogP contribution in [0.4, 0.5) is 0 Å². The number of aromatic nitrogens is 3. The van der Waals surface area contributed by atoms with Crippen LogP contribution in [0.25, 0.3) is 0 Å². The SMILES string of the molecule is Cn1nc(C2CCCC2)nc1C1CCCN1. The van der Waals surface area contributed by atoms with E-state index in [1.165, 1.54) is 38.5 Å². The molecule has 0 radical (unpaired) electrons.